The second-order valence-corrected chi connectivity index (χ2v) is 5.93. The van der Waals surface area contributed by atoms with E-state index in [1.165, 1.54) is 0 Å². The Morgan fingerprint density at radius 1 is 1.28 bits per heavy atom. The molecule has 2 N–H and O–H groups in total. The molecule has 0 aliphatic rings. The molecular formula is C18H21N5O2. The number of amides is 1. The first-order valence-corrected chi connectivity index (χ1v) is 8.05. The molecule has 0 saturated heterocycles. The van der Waals surface area contributed by atoms with E-state index in [2.05, 4.69) is 15.3 Å². The SMILES string of the molecule is CN(C)c1ncccc1CNC(=O)c1ccc2c(c1)ncn2CCO. The number of pyridine rings is 1. The number of aliphatic hydroxyl groups excluding tert-OH is 1. The topological polar surface area (TPSA) is 83.3 Å². The van der Waals surface area contributed by atoms with Crippen molar-refractivity contribution in [2.45, 2.75) is 13.1 Å². The van der Waals surface area contributed by atoms with Gasteiger partial charge in [-0.05, 0) is 24.3 Å². The standard InChI is InChI=1S/C18H21N5O2/c1-22(2)17-14(4-3-7-19-17)11-20-18(25)13-5-6-16-15(10-13)21-12-23(16)8-9-24/h3-7,10,12,24H,8-9,11H2,1-2H3,(H,20,25). The number of nitrogens with one attached hydrogen (secondary N) is 1. The van der Waals surface area contributed by atoms with Crippen LogP contribution in [0.1, 0.15) is 15.9 Å². The van der Waals surface area contributed by atoms with Gasteiger partial charge >= 0.3 is 0 Å². The van der Waals surface area contributed by atoms with Crippen molar-refractivity contribution >= 4 is 22.8 Å². The number of anilines is 1. The summed E-state index contributed by atoms with van der Waals surface area (Å²) in [4.78, 5) is 23.0. The zero-order chi connectivity index (χ0) is 17.8. The van der Waals surface area contributed by atoms with Gasteiger partial charge in [0, 0.05) is 44.5 Å². The zero-order valence-corrected chi connectivity index (χ0v) is 14.3. The van der Waals surface area contributed by atoms with Crippen LogP contribution in [0.4, 0.5) is 5.82 Å². The highest BCUT2D eigenvalue weighted by molar-refractivity contribution is 5.97. The van der Waals surface area contributed by atoms with E-state index in [0.29, 0.717) is 18.7 Å². The molecule has 7 heteroatoms. The van der Waals surface area contributed by atoms with Crippen LogP contribution < -0.4 is 10.2 Å². The van der Waals surface area contributed by atoms with Crippen molar-refractivity contribution in [3.05, 3.63) is 54.0 Å². The molecule has 2 heterocycles. The fourth-order valence-corrected chi connectivity index (χ4v) is 2.74. The molecule has 0 unspecified atom stereocenters. The number of hydrogen-bond donors (Lipinski definition) is 2. The number of hydrogen-bond acceptors (Lipinski definition) is 5. The first kappa shape index (κ1) is 16.9. The molecule has 7 nitrogen and oxygen atoms in total. The molecule has 0 spiro atoms. The minimum absolute atomic E-state index is 0.0486. The number of benzene rings is 1. The first-order valence-electron chi connectivity index (χ1n) is 8.05. The van der Waals surface area contributed by atoms with E-state index in [4.69, 9.17) is 5.11 Å². The fraction of sp³-hybridized carbons (Fsp3) is 0.278. The van der Waals surface area contributed by atoms with Crippen LogP contribution in [-0.4, -0.2) is 46.3 Å². The highest BCUT2D eigenvalue weighted by atomic mass is 16.3. The molecule has 2 aromatic heterocycles. The number of fused-ring (bicyclic) bond motifs is 1. The summed E-state index contributed by atoms with van der Waals surface area (Å²) in [5.74, 6) is 0.674. The highest BCUT2D eigenvalue weighted by Crippen LogP contribution is 2.16. The van der Waals surface area contributed by atoms with Crippen LogP contribution in [0.3, 0.4) is 0 Å². The van der Waals surface area contributed by atoms with E-state index in [9.17, 15) is 4.79 Å². The maximum atomic E-state index is 12.5. The Labute approximate surface area is 145 Å². The first-order chi connectivity index (χ1) is 12.1. The van der Waals surface area contributed by atoms with Gasteiger partial charge in [-0.1, -0.05) is 6.07 Å². The van der Waals surface area contributed by atoms with Gasteiger partial charge in [0.05, 0.1) is 24.0 Å². The average Bonchev–Trinajstić information content (AvgIpc) is 3.02. The van der Waals surface area contributed by atoms with E-state index >= 15 is 0 Å². The number of nitrogens with zero attached hydrogens (tertiary/aromatic N) is 4. The maximum absolute atomic E-state index is 12.5. The lowest BCUT2D eigenvalue weighted by molar-refractivity contribution is 0.0951. The Hall–Kier alpha value is -2.93. The van der Waals surface area contributed by atoms with E-state index in [-0.39, 0.29) is 12.5 Å². The fourth-order valence-electron chi connectivity index (χ4n) is 2.74. The summed E-state index contributed by atoms with van der Waals surface area (Å²) >= 11 is 0. The molecule has 3 aromatic rings. The van der Waals surface area contributed by atoms with Gasteiger partial charge in [-0.15, -0.1) is 0 Å². The van der Waals surface area contributed by atoms with Crippen molar-refractivity contribution < 1.29 is 9.90 Å². The number of imidazole rings is 1. The smallest absolute Gasteiger partial charge is 0.251 e. The number of carbonyl (C=O) groups is 1. The summed E-state index contributed by atoms with van der Waals surface area (Å²) in [6.07, 6.45) is 3.40. The Balaban J connectivity index is 1.74. The molecule has 3 rings (SSSR count). The van der Waals surface area contributed by atoms with Crippen LogP contribution in [0.5, 0.6) is 0 Å². The molecule has 0 aliphatic heterocycles. The van der Waals surface area contributed by atoms with Crippen LogP contribution in [0, 0.1) is 0 Å². The van der Waals surface area contributed by atoms with Crippen LogP contribution in [-0.2, 0) is 13.1 Å². The average molecular weight is 339 g/mol. The predicted octanol–water partition coefficient (Wildman–Crippen LogP) is 1.42. The number of aromatic nitrogens is 3. The molecule has 0 fully saturated rings. The third-order valence-electron chi connectivity index (χ3n) is 3.95. The molecular weight excluding hydrogens is 318 g/mol. The van der Waals surface area contributed by atoms with Crippen molar-refractivity contribution in [1.29, 1.82) is 0 Å². The maximum Gasteiger partial charge on any atom is 0.251 e. The largest absolute Gasteiger partial charge is 0.395 e. The van der Waals surface area contributed by atoms with Crippen molar-refractivity contribution in [3.8, 4) is 0 Å². The molecule has 25 heavy (non-hydrogen) atoms. The van der Waals surface area contributed by atoms with E-state index in [0.717, 1.165) is 22.4 Å². The van der Waals surface area contributed by atoms with Crippen LogP contribution in [0.2, 0.25) is 0 Å². The predicted molar refractivity (Wildman–Crippen MR) is 96.6 cm³/mol. The van der Waals surface area contributed by atoms with Crippen molar-refractivity contribution in [2.24, 2.45) is 0 Å². The van der Waals surface area contributed by atoms with E-state index in [1.54, 1.807) is 24.7 Å². The molecule has 1 aromatic carbocycles. The lowest BCUT2D eigenvalue weighted by Crippen LogP contribution is -2.24. The minimum atomic E-state index is -0.160. The third-order valence-corrected chi connectivity index (χ3v) is 3.95. The molecule has 0 saturated carbocycles. The summed E-state index contributed by atoms with van der Waals surface area (Å²) in [7, 11) is 3.84. The van der Waals surface area contributed by atoms with Gasteiger partial charge < -0.3 is 19.9 Å². The number of aliphatic hydroxyl groups is 1. The van der Waals surface area contributed by atoms with Crippen LogP contribution >= 0.6 is 0 Å². The monoisotopic (exact) mass is 339 g/mol. The summed E-state index contributed by atoms with van der Waals surface area (Å²) < 4.78 is 1.86. The van der Waals surface area contributed by atoms with Gasteiger partial charge in [0.25, 0.3) is 5.91 Å². The normalized spacial score (nSPS) is 10.8. The summed E-state index contributed by atoms with van der Waals surface area (Å²) in [6.45, 7) is 0.931. The summed E-state index contributed by atoms with van der Waals surface area (Å²) in [6, 6.07) is 9.18. The minimum Gasteiger partial charge on any atom is -0.395 e. The van der Waals surface area contributed by atoms with Gasteiger partial charge in [0.1, 0.15) is 5.82 Å². The van der Waals surface area contributed by atoms with Gasteiger partial charge in [0.15, 0.2) is 0 Å². The molecule has 0 atom stereocenters. The Bertz CT molecular complexity index is 888. The third kappa shape index (κ3) is 3.61. The molecule has 0 bridgehead atoms. The Morgan fingerprint density at radius 2 is 2.12 bits per heavy atom. The van der Waals surface area contributed by atoms with Crippen LogP contribution in [0.25, 0.3) is 11.0 Å². The van der Waals surface area contributed by atoms with Gasteiger partial charge in [-0.25, -0.2) is 9.97 Å². The lowest BCUT2D eigenvalue weighted by atomic mass is 10.1. The summed E-state index contributed by atoms with van der Waals surface area (Å²) in [5.41, 5.74) is 3.13. The van der Waals surface area contributed by atoms with Crippen molar-refractivity contribution in [2.75, 3.05) is 25.6 Å². The molecule has 0 radical (unpaired) electrons. The zero-order valence-electron chi connectivity index (χ0n) is 14.3. The quantitative estimate of drug-likeness (QED) is 0.710. The van der Waals surface area contributed by atoms with Crippen LogP contribution in [0.15, 0.2) is 42.9 Å². The molecule has 130 valence electrons. The molecule has 0 aliphatic carbocycles. The summed E-state index contributed by atoms with van der Waals surface area (Å²) in [5, 5.41) is 12.0. The lowest BCUT2D eigenvalue weighted by Gasteiger charge is -2.16. The number of rotatable bonds is 6. The second-order valence-electron chi connectivity index (χ2n) is 5.93. The highest BCUT2D eigenvalue weighted by Gasteiger charge is 2.11. The van der Waals surface area contributed by atoms with E-state index in [1.807, 2.05) is 41.8 Å². The van der Waals surface area contributed by atoms with Gasteiger partial charge in [-0.2, -0.15) is 0 Å². The Morgan fingerprint density at radius 3 is 2.88 bits per heavy atom. The van der Waals surface area contributed by atoms with Crippen molar-refractivity contribution in [1.82, 2.24) is 19.9 Å². The number of carbonyl (C=O) groups excluding carboxylic acids is 1. The van der Waals surface area contributed by atoms with Gasteiger partial charge in [-0.3, -0.25) is 4.79 Å². The second kappa shape index (κ2) is 7.31. The van der Waals surface area contributed by atoms with Gasteiger partial charge in [0.2, 0.25) is 0 Å². The van der Waals surface area contributed by atoms with E-state index < -0.39 is 0 Å². The molecule has 1 amide bonds. The Kier molecular flexibility index (Phi) is 4.95. The van der Waals surface area contributed by atoms with Crippen molar-refractivity contribution in [3.63, 3.8) is 0 Å².